The molecule has 1 aromatic heterocycles. The second-order valence-corrected chi connectivity index (χ2v) is 6.30. The molecule has 18 heavy (non-hydrogen) atoms. The molecule has 0 bridgehead atoms. The van der Waals surface area contributed by atoms with E-state index < -0.39 is 0 Å². The van der Waals surface area contributed by atoms with Gasteiger partial charge in [-0.2, -0.15) is 0 Å². The number of rotatable bonds is 1. The average Bonchev–Trinajstić information content (AvgIpc) is 3.06. The van der Waals surface area contributed by atoms with Crippen LogP contribution in [0.3, 0.4) is 0 Å². The van der Waals surface area contributed by atoms with Crippen LogP contribution in [0.2, 0.25) is 0 Å². The predicted molar refractivity (Wildman–Crippen MR) is 76.2 cm³/mol. The van der Waals surface area contributed by atoms with Crippen molar-refractivity contribution < 1.29 is 0 Å². The fourth-order valence-corrected chi connectivity index (χ4v) is 4.67. The molecule has 0 spiro atoms. The zero-order valence-corrected chi connectivity index (χ0v) is 11.2. The summed E-state index contributed by atoms with van der Waals surface area (Å²) in [4.78, 5) is 4.32. The number of fused-ring (bicyclic) bond motifs is 3. The minimum Gasteiger partial charge on any atom is -0.295 e. The Labute approximate surface area is 112 Å². The summed E-state index contributed by atoms with van der Waals surface area (Å²) in [7, 11) is 0. The monoisotopic (exact) mass is 255 g/mol. The van der Waals surface area contributed by atoms with Crippen molar-refractivity contribution in [3.05, 3.63) is 57.8 Å². The Hall–Kier alpha value is -1.12. The Morgan fingerprint density at radius 1 is 1.11 bits per heavy atom. The van der Waals surface area contributed by atoms with Gasteiger partial charge in [-0.3, -0.25) is 4.90 Å². The summed E-state index contributed by atoms with van der Waals surface area (Å²) in [5, 5.41) is 2.28. The summed E-state index contributed by atoms with van der Waals surface area (Å²) in [5.41, 5.74) is 3.07. The smallest absolute Gasteiger partial charge is 0.0445 e. The van der Waals surface area contributed by atoms with Crippen LogP contribution in [0.15, 0.2) is 41.8 Å². The third-order valence-corrected chi connectivity index (χ3v) is 5.42. The highest BCUT2D eigenvalue weighted by atomic mass is 32.1. The van der Waals surface area contributed by atoms with E-state index in [1.807, 2.05) is 11.3 Å². The molecule has 3 heterocycles. The number of thiophene rings is 1. The maximum absolute atomic E-state index is 2.69. The number of hydrogen-bond donors (Lipinski definition) is 0. The zero-order valence-electron chi connectivity index (χ0n) is 10.4. The Morgan fingerprint density at radius 3 is 2.89 bits per heavy atom. The minimum absolute atomic E-state index is 0.585. The molecule has 0 amide bonds. The van der Waals surface area contributed by atoms with Crippen LogP contribution in [0.5, 0.6) is 0 Å². The first-order valence-electron chi connectivity index (χ1n) is 6.80. The molecule has 1 nitrogen and oxygen atoms in total. The second kappa shape index (κ2) is 4.22. The summed E-state index contributed by atoms with van der Waals surface area (Å²) in [5.74, 6) is 0.585. The van der Waals surface area contributed by atoms with Crippen LogP contribution in [0.25, 0.3) is 0 Å². The van der Waals surface area contributed by atoms with Crippen LogP contribution in [-0.2, 0) is 0 Å². The van der Waals surface area contributed by atoms with E-state index >= 15 is 0 Å². The van der Waals surface area contributed by atoms with E-state index in [4.69, 9.17) is 0 Å². The largest absolute Gasteiger partial charge is 0.295 e. The third kappa shape index (κ3) is 1.56. The summed E-state index contributed by atoms with van der Waals surface area (Å²) >= 11 is 1.96. The molecule has 2 aliphatic rings. The van der Waals surface area contributed by atoms with Gasteiger partial charge in [-0.05, 0) is 42.0 Å². The minimum atomic E-state index is 0.585. The van der Waals surface area contributed by atoms with Gasteiger partial charge in [-0.15, -0.1) is 11.3 Å². The average molecular weight is 255 g/mol. The van der Waals surface area contributed by atoms with Gasteiger partial charge in [-0.25, -0.2) is 0 Å². The van der Waals surface area contributed by atoms with Crippen LogP contribution in [-0.4, -0.2) is 18.0 Å². The molecule has 2 aromatic rings. The molecule has 1 saturated heterocycles. The highest BCUT2D eigenvalue weighted by Crippen LogP contribution is 2.46. The molecule has 2 unspecified atom stereocenters. The molecular formula is C16H17NS. The van der Waals surface area contributed by atoms with Crippen molar-refractivity contribution >= 4 is 11.3 Å². The maximum atomic E-state index is 2.69. The third-order valence-electron chi connectivity index (χ3n) is 4.39. The topological polar surface area (TPSA) is 3.24 Å². The van der Waals surface area contributed by atoms with Crippen molar-refractivity contribution in [2.75, 3.05) is 13.1 Å². The van der Waals surface area contributed by atoms with E-state index in [2.05, 4.69) is 46.7 Å². The summed E-state index contributed by atoms with van der Waals surface area (Å²) in [6.45, 7) is 2.49. The first kappa shape index (κ1) is 10.8. The van der Waals surface area contributed by atoms with Gasteiger partial charge in [0.1, 0.15) is 0 Å². The van der Waals surface area contributed by atoms with Gasteiger partial charge in [0.2, 0.25) is 0 Å². The Balaban J connectivity index is 1.80. The molecule has 4 rings (SSSR count). The molecule has 2 aliphatic heterocycles. The molecule has 0 N–H and O–H groups in total. The fourth-order valence-electron chi connectivity index (χ4n) is 3.53. The lowest BCUT2D eigenvalue weighted by Crippen LogP contribution is -2.33. The lowest BCUT2D eigenvalue weighted by molar-refractivity contribution is 0.234. The summed E-state index contributed by atoms with van der Waals surface area (Å²) in [6.07, 6.45) is 2.72. The van der Waals surface area contributed by atoms with Gasteiger partial charge in [0, 0.05) is 23.4 Å². The number of hydrogen-bond acceptors (Lipinski definition) is 2. The van der Waals surface area contributed by atoms with Crippen molar-refractivity contribution in [3.63, 3.8) is 0 Å². The normalized spacial score (nSPS) is 26.9. The number of nitrogens with zero attached hydrogens (tertiary/aromatic N) is 1. The highest BCUT2D eigenvalue weighted by molar-refractivity contribution is 7.10. The van der Waals surface area contributed by atoms with E-state index in [1.165, 1.54) is 31.5 Å². The van der Waals surface area contributed by atoms with Gasteiger partial charge in [0.25, 0.3) is 0 Å². The Morgan fingerprint density at radius 2 is 2.00 bits per heavy atom. The van der Waals surface area contributed by atoms with Crippen molar-refractivity contribution in [1.82, 2.24) is 4.90 Å². The molecule has 0 saturated carbocycles. The molecule has 1 fully saturated rings. The van der Waals surface area contributed by atoms with E-state index in [0.717, 1.165) is 6.04 Å². The first-order chi connectivity index (χ1) is 8.93. The lowest BCUT2D eigenvalue weighted by Gasteiger charge is -2.35. The van der Waals surface area contributed by atoms with Gasteiger partial charge in [-0.1, -0.05) is 30.3 Å². The van der Waals surface area contributed by atoms with Crippen LogP contribution in [0.1, 0.15) is 40.8 Å². The van der Waals surface area contributed by atoms with Crippen molar-refractivity contribution in [2.45, 2.75) is 24.8 Å². The van der Waals surface area contributed by atoms with E-state index in [-0.39, 0.29) is 0 Å². The second-order valence-electron chi connectivity index (χ2n) is 5.36. The van der Waals surface area contributed by atoms with Gasteiger partial charge >= 0.3 is 0 Å². The van der Waals surface area contributed by atoms with Gasteiger partial charge in [0.15, 0.2) is 0 Å². The summed E-state index contributed by atoms with van der Waals surface area (Å²) < 4.78 is 0. The zero-order chi connectivity index (χ0) is 11.9. The lowest BCUT2D eigenvalue weighted by atomic mass is 9.86. The molecule has 2 atom stereocenters. The summed E-state index contributed by atoms with van der Waals surface area (Å²) in [6, 6.07) is 14.1. The van der Waals surface area contributed by atoms with Crippen LogP contribution < -0.4 is 0 Å². The molecule has 0 radical (unpaired) electrons. The van der Waals surface area contributed by atoms with Gasteiger partial charge < -0.3 is 0 Å². The molecule has 92 valence electrons. The SMILES string of the molecule is c1ccc(C2CN3CCCC3c3sccc32)cc1. The predicted octanol–water partition coefficient (Wildman–Crippen LogP) is 4.03. The maximum Gasteiger partial charge on any atom is 0.0445 e. The van der Waals surface area contributed by atoms with Crippen molar-refractivity contribution in [3.8, 4) is 0 Å². The van der Waals surface area contributed by atoms with Crippen LogP contribution in [0.4, 0.5) is 0 Å². The van der Waals surface area contributed by atoms with Crippen LogP contribution >= 0.6 is 11.3 Å². The quantitative estimate of drug-likeness (QED) is 0.743. The standard InChI is InChI=1S/C16H17NS/c1-2-5-12(6-3-1)14-11-17-9-4-7-15(17)16-13(14)8-10-18-16/h1-3,5-6,8,10,14-15H,4,7,9,11H2. The molecular weight excluding hydrogens is 238 g/mol. The first-order valence-corrected chi connectivity index (χ1v) is 7.68. The number of benzene rings is 1. The highest BCUT2D eigenvalue weighted by Gasteiger charge is 2.37. The molecule has 0 aliphatic carbocycles. The van der Waals surface area contributed by atoms with E-state index in [1.54, 1.807) is 10.4 Å². The Kier molecular flexibility index (Phi) is 2.52. The van der Waals surface area contributed by atoms with Crippen LogP contribution in [0, 0.1) is 0 Å². The molecule has 1 aromatic carbocycles. The Bertz CT molecular complexity index is 545. The van der Waals surface area contributed by atoms with Crippen molar-refractivity contribution in [2.24, 2.45) is 0 Å². The van der Waals surface area contributed by atoms with Crippen molar-refractivity contribution in [1.29, 1.82) is 0 Å². The fraction of sp³-hybridized carbons (Fsp3) is 0.375. The van der Waals surface area contributed by atoms with Gasteiger partial charge in [0.05, 0.1) is 0 Å². The van der Waals surface area contributed by atoms with E-state index in [0.29, 0.717) is 5.92 Å². The molecule has 2 heteroatoms. The van der Waals surface area contributed by atoms with E-state index in [9.17, 15) is 0 Å².